The van der Waals surface area contributed by atoms with E-state index in [-0.39, 0.29) is 5.56 Å². The first-order valence-electron chi connectivity index (χ1n) is 7.99. The fourth-order valence-electron chi connectivity index (χ4n) is 2.44. The Balaban J connectivity index is 2.10. The Kier molecular flexibility index (Phi) is 7.64. The second-order valence-corrected chi connectivity index (χ2v) is 7.33. The van der Waals surface area contributed by atoms with Crippen LogP contribution in [0, 0.1) is 0 Å². The second kappa shape index (κ2) is 9.72. The maximum absolute atomic E-state index is 13.0. The summed E-state index contributed by atoms with van der Waals surface area (Å²) in [7, 11) is 0. The Labute approximate surface area is 157 Å². The third kappa shape index (κ3) is 5.95. The average Bonchev–Trinajstić information content (AvgIpc) is 2.65. The number of halogens is 3. The number of amides is 1. The summed E-state index contributed by atoms with van der Waals surface area (Å²) in [4.78, 5) is 15.2. The van der Waals surface area contributed by atoms with Crippen LogP contribution in [0.25, 0.3) is 11.1 Å². The van der Waals surface area contributed by atoms with Crippen LogP contribution in [0.2, 0.25) is 0 Å². The van der Waals surface area contributed by atoms with E-state index in [4.69, 9.17) is 0 Å². The van der Waals surface area contributed by atoms with Crippen LogP contribution in [-0.4, -0.2) is 45.9 Å². The number of alkyl halides is 3. The number of aliphatic hydroxyl groups is 1. The van der Waals surface area contributed by atoms with Crippen LogP contribution in [0.1, 0.15) is 17.4 Å². The molecule has 3 atom stereocenters. The highest BCUT2D eigenvalue weighted by atomic mass is 32.2. The highest BCUT2D eigenvalue weighted by Gasteiger charge is 2.26. The van der Waals surface area contributed by atoms with Gasteiger partial charge in [0, 0.05) is 11.8 Å². The number of pyridine rings is 1. The van der Waals surface area contributed by atoms with Gasteiger partial charge in [0.2, 0.25) is 0 Å². The molecule has 1 aromatic carbocycles. The topological polar surface area (TPSA) is 85.3 Å². The zero-order valence-corrected chi connectivity index (χ0v) is 15.3. The smallest absolute Gasteiger partial charge is 0.315 e. The molecule has 2 aromatic rings. The first-order valence-corrected chi connectivity index (χ1v) is 9.72. The van der Waals surface area contributed by atoms with E-state index in [2.05, 4.69) is 4.98 Å². The molecular weight excluding hydrogens is 381 g/mol. The normalized spacial score (nSPS) is 14.6. The van der Waals surface area contributed by atoms with E-state index in [0.29, 0.717) is 11.4 Å². The van der Waals surface area contributed by atoms with E-state index in [9.17, 15) is 27.6 Å². The molecule has 0 saturated carbocycles. The molecule has 27 heavy (non-hydrogen) atoms. The number of carbonyl (C=O) groups excluding carboxylic acids is 1. The largest absolute Gasteiger partial charge is 0.616 e. The summed E-state index contributed by atoms with van der Waals surface area (Å²) >= 11 is -0.987. The molecular formula is C18H19F3N2O3S. The predicted molar refractivity (Wildman–Crippen MR) is 96.3 cm³/mol. The molecule has 0 bridgehead atoms. The molecule has 0 saturated heterocycles. The van der Waals surface area contributed by atoms with Gasteiger partial charge in [-0.3, -0.25) is 9.78 Å². The van der Waals surface area contributed by atoms with Crippen molar-refractivity contribution in [3.05, 3.63) is 53.9 Å². The Hall–Kier alpha value is -2.10. The third-order valence-electron chi connectivity index (χ3n) is 3.83. The lowest BCUT2D eigenvalue weighted by atomic mass is 9.99. The van der Waals surface area contributed by atoms with Crippen LogP contribution in [0.3, 0.4) is 0 Å². The van der Waals surface area contributed by atoms with Gasteiger partial charge in [-0.05, 0) is 17.2 Å². The van der Waals surface area contributed by atoms with Crippen LogP contribution in [0.4, 0.5) is 13.2 Å². The van der Waals surface area contributed by atoms with Crippen LogP contribution in [0.15, 0.2) is 42.6 Å². The van der Waals surface area contributed by atoms with Crippen molar-refractivity contribution in [2.24, 2.45) is 0 Å². The molecule has 1 amide bonds. The molecule has 1 aromatic heterocycles. The van der Waals surface area contributed by atoms with Crippen molar-refractivity contribution in [2.75, 3.05) is 12.9 Å². The lowest BCUT2D eigenvalue weighted by Gasteiger charge is -2.22. The number of aromatic nitrogens is 1. The van der Waals surface area contributed by atoms with Gasteiger partial charge in [-0.2, -0.15) is 8.78 Å². The lowest BCUT2D eigenvalue weighted by Crippen LogP contribution is -2.43. The summed E-state index contributed by atoms with van der Waals surface area (Å²) in [6.45, 7) is -1.19. The molecule has 0 fully saturated rings. The summed E-state index contributed by atoms with van der Waals surface area (Å²) < 4.78 is 48.8. The molecule has 0 radical (unpaired) electrons. The number of nitrogens with one attached hydrogen (secondary N) is 1. The van der Waals surface area contributed by atoms with Gasteiger partial charge >= 0.3 is 6.43 Å². The molecule has 2 N–H and O–H groups in total. The number of hydrogen-bond acceptors (Lipinski definition) is 4. The van der Waals surface area contributed by atoms with Crippen LogP contribution in [-0.2, 0) is 21.7 Å². The van der Waals surface area contributed by atoms with E-state index in [0.717, 1.165) is 11.1 Å². The molecule has 0 aliphatic heterocycles. The van der Waals surface area contributed by atoms with E-state index in [1.165, 1.54) is 12.1 Å². The third-order valence-corrected chi connectivity index (χ3v) is 4.54. The van der Waals surface area contributed by atoms with Crippen molar-refractivity contribution in [2.45, 2.75) is 24.3 Å². The van der Waals surface area contributed by atoms with Gasteiger partial charge in [-0.25, -0.2) is 4.39 Å². The number of hydrogen-bond donors (Lipinski definition) is 2. The fraction of sp³-hybridized carbons (Fsp3) is 0.333. The van der Waals surface area contributed by atoms with Crippen molar-refractivity contribution in [3.63, 3.8) is 0 Å². The number of benzene rings is 1. The molecule has 1 unspecified atom stereocenters. The summed E-state index contributed by atoms with van der Waals surface area (Å²) in [5, 5.41) is 11.9. The number of carbonyl (C=O) groups is 1. The second-order valence-electron chi connectivity index (χ2n) is 5.89. The molecule has 0 aliphatic carbocycles. The minimum atomic E-state index is -3.28. The van der Waals surface area contributed by atoms with Gasteiger partial charge in [0.15, 0.2) is 0 Å². The average molecular weight is 400 g/mol. The van der Waals surface area contributed by atoms with E-state index in [1.807, 2.05) is 6.07 Å². The molecule has 1 heterocycles. The first kappa shape index (κ1) is 21.2. The molecule has 0 aliphatic rings. The van der Waals surface area contributed by atoms with Gasteiger partial charge in [0.1, 0.15) is 18.5 Å². The maximum atomic E-state index is 13.0. The van der Waals surface area contributed by atoms with Crippen molar-refractivity contribution in [1.29, 1.82) is 0 Å². The van der Waals surface area contributed by atoms with Gasteiger partial charge < -0.3 is 15.0 Å². The SMILES string of the molecule is C[S+]([O-])Cc1ccc(-c2ccc([C@H](O)[C@@H](CF)NC(=O)C(F)F)cc2)cn1. The minimum Gasteiger partial charge on any atom is -0.616 e. The fourth-order valence-corrected chi connectivity index (χ4v) is 3.03. The molecule has 0 spiro atoms. The number of aliphatic hydroxyl groups excluding tert-OH is 1. The van der Waals surface area contributed by atoms with E-state index >= 15 is 0 Å². The Morgan fingerprint density at radius 3 is 2.33 bits per heavy atom. The highest BCUT2D eigenvalue weighted by Crippen LogP contribution is 2.24. The monoisotopic (exact) mass is 400 g/mol. The van der Waals surface area contributed by atoms with Crippen LogP contribution in [0.5, 0.6) is 0 Å². The number of rotatable bonds is 8. The maximum Gasteiger partial charge on any atom is 0.315 e. The van der Waals surface area contributed by atoms with Gasteiger partial charge in [-0.15, -0.1) is 0 Å². The highest BCUT2D eigenvalue weighted by molar-refractivity contribution is 7.89. The van der Waals surface area contributed by atoms with Crippen molar-refractivity contribution < 1.29 is 27.6 Å². The van der Waals surface area contributed by atoms with E-state index in [1.54, 1.807) is 36.0 Å². The number of nitrogens with zero attached hydrogens (tertiary/aromatic N) is 1. The summed E-state index contributed by atoms with van der Waals surface area (Å²) in [5.41, 5.74) is 2.54. The molecule has 146 valence electrons. The van der Waals surface area contributed by atoms with Gasteiger partial charge in [0.05, 0.1) is 18.0 Å². The zero-order chi connectivity index (χ0) is 20.0. The quantitative estimate of drug-likeness (QED) is 0.667. The minimum absolute atomic E-state index is 0.280. The van der Waals surface area contributed by atoms with Gasteiger partial charge in [0.25, 0.3) is 5.91 Å². The van der Waals surface area contributed by atoms with Crippen molar-refractivity contribution in [3.8, 4) is 11.1 Å². The van der Waals surface area contributed by atoms with Gasteiger partial charge in [-0.1, -0.05) is 41.5 Å². The standard InChI is InChI=1S/C18H19F3N2O3S/c1-27(26)10-14-7-6-13(9-22-14)11-2-4-12(5-3-11)16(24)15(8-19)23-18(25)17(20)21/h2-7,9,15-17,24H,8,10H2,1H3,(H,23,25)/t15-,16+,27?/m1/s1. The van der Waals surface area contributed by atoms with Crippen molar-refractivity contribution in [1.82, 2.24) is 10.3 Å². The van der Waals surface area contributed by atoms with E-state index < -0.39 is 42.3 Å². The first-order chi connectivity index (χ1) is 12.8. The Morgan fingerprint density at radius 1 is 1.22 bits per heavy atom. The predicted octanol–water partition coefficient (Wildman–Crippen LogP) is 2.38. The summed E-state index contributed by atoms with van der Waals surface area (Å²) in [6.07, 6.45) is -1.53. The summed E-state index contributed by atoms with van der Waals surface area (Å²) in [6, 6.07) is 8.48. The van der Waals surface area contributed by atoms with Crippen molar-refractivity contribution >= 4 is 17.1 Å². The zero-order valence-electron chi connectivity index (χ0n) is 14.4. The molecule has 5 nitrogen and oxygen atoms in total. The lowest BCUT2D eigenvalue weighted by molar-refractivity contribution is -0.133. The Bertz CT molecular complexity index is 743. The van der Waals surface area contributed by atoms with Crippen LogP contribution < -0.4 is 5.32 Å². The molecule has 2 rings (SSSR count). The Morgan fingerprint density at radius 2 is 1.85 bits per heavy atom. The van der Waals surface area contributed by atoms with Crippen LogP contribution >= 0.6 is 0 Å². The summed E-state index contributed by atoms with van der Waals surface area (Å²) in [5.74, 6) is -1.27. The molecule has 9 heteroatoms.